The van der Waals surface area contributed by atoms with E-state index < -0.39 is 0 Å². The van der Waals surface area contributed by atoms with Crippen molar-refractivity contribution in [1.29, 1.82) is 0 Å². The van der Waals surface area contributed by atoms with Crippen LogP contribution in [0.3, 0.4) is 0 Å². The number of nitrogens with zero attached hydrogens (tertiary/aromatic N) is 3. The molecule has 0 aliphatic heterocycles. The monoisotopic (exact) mass is 362 g/mol. The molecule has 1 fully saturated rings. The van der Waals surface area contributed by atoms with Crippen LogP contribution in [0, 0.1) is 0 Å². The predicted molar refractivity (Wildman–Crippen MR) is 98.4 cm³/mol. The number of thioether (sulfide) groups is 1. The Labute approximate surface area is 152 Å². The molecule has 7 heteroatoms. The van der Waals surface area contributed by atoms with Crippen LogP contribution in [0.25, 0.3) is 11.6 Å². The van der Waals surface area contributed by atoms with Gasteiger partial charge < -0.3 is 9.73 Å². The molecule has 0 saturated heterocycles. The molecule has 0 radical (unpaired) electrons. The number of rotatable bonds is 6. The van der Waals surface area contributed by atoms with Crippen LogP contribution in [0.4, 0.5) is 0 Å². The Bertz CT molecular complexity index is 690. The molecule has 6 nitrogen and oxygen atoms in total. The molecule has 1 aliphatic rings. The molecule has 2 aromatic rings. The van der Waals surface area contributed by atoms with Crippen molar-refractivity contribution in [1.82, 2.24) is 20.1 Å². The number of carbonyl (C=O) groups excluding carboxylic acids is 1. The Morgan fingerprint density at radius 1 is 1.28 bits per heavy atom. The average Bonchev–Trinajstić information content (AvgIpc) is 3.24. The number of furan rings is 1. The molecular weight excluding hydrogens is 336 g/mol. The summed E-state index contributed by atoms with van der Waals surface area (Å²) in [7, 11) is 0. The summed E-state index contributed by atoms with van der Waals surface area (Å²) in [6.07, 6.45) is 7.60. The van der Waals surface area contributed by atoms with E-state index in [2.05, 4.69) is 20.1 Å². The number of hydrogen-bond acceptors (Lipinski definition) is 5. The van der Waals surface area contributed by atoms with Gasteiger partial charge in [0, 0.05) is 12.1 Å². The Kier molecular flexibility index (Phi) is 5.83. The smallest absolute Gasteiger partial charge is 0.233 e. The van der Waals surface area contributed by atoms with Gasteiger partial charge >= 0.3 is 0 Å². The summed E-state index contributed by atoms with van der Waals surface area (Å²) in [5, 5.41) is 12.3. The zero-order chi connectivity index (χ0) is 17.8. The van der Waals surface area contributed by atoms with Crippen LogP contribution in [-0.4, -0.2) is 32.0 Å². The van der Waals surface area contributed by atoms with Gasteiger partial charge in [0.2, 0.25) is 11.7 Å². The van der Waals surface area contributed by atoms with Crippen molar-refractivity contribution in [3.05, 3.63) is 18.4 Å². The summed E-state index contributed by atoms with van der Waals surface area (Å²) in [6, 6.07) is 4.27. The summed E-state index contributed by atoms with van der Waals surface area (Å²) in [5.41, 5.74) is 0. The summed E-state index contributed by atoms with van der Waals surface area (Å²) in [4.78, 5) is 12.3. The first-order valence-electron chi connectivity index (χ1n) is 9.02. The van der Waals surface area contributed by atoms with E-state index in [4.69, 9.17) is 4.42 Å². The van der Waals surface area contributed by atoms with Gasteiger partial charge in [0.05, 0.1) is 11.5 Å². The first kappa shape index (κ1) is 18.0. The summed E-state index contributed by atoms with van der Waals surface area (Å²) in [5.74, 6) is 1.51. The second-order valence-electron chi connectivity index (χ2n) is 6.87. The Morgan fingerprint density at radius 3 is 2.68 bits per heavy atom. The van der Waals surface area contributed by atoms with E-state index in [9.17, 15) is 4.79 Å². The molecule has 0 unspecified atom stereocenters. The maximum atomic E-state index is 12.3. The lowest BCUT2D eigenvalue weighted by atomic mass is 9.95. The lowest BCUT2D eigenvalue weighted by Crippen LogP contribution is -2.36. The Morgan fingerprint density at radius 2 is 2.04 bits per heavy atom. The van der Waals surface area contributed by atoms with Crippen LogP contribution < -0.4 is 5.32 Å². The van der Waals surface area contributed by atoms with Gasteiger partial charge in [-0.05, 0) is 45.7 Å². The van der Waals surface area contributed by atoms with Crippen molar-refractivity contribution in [3.63, 3.8) is 0 Å². The molecule has 1 aliphatic carbocycles. The van der Waals surface area contributed by atoms with E-state index in [0.717, 1.165) is 29.6 Å². The van der Waals surface area contributed by atoms with Crippen LogP contribution in [0.2, 0.25) is 0 Å². The lowest BCUT2D eigenvalue weighted by Gasteiger charge is -2.25. The molecule has 1 saturated carbocycles. The Hall–Kier alpha value is -1.76. The maximum absolute atomic E-state index is 12.3. The summed E-state index contributed by atoms with van der Waals surface area (Å²) in [6.45, 7) is 5.85. The highest BCUT2D eigenvalue weighted by molar-refractivity contribution is 8.00. The Balaban J connectivity index is 1.87. The topological polar surface area (TPSA) is 73.0 Å². The number of nitrogens with one attached hydrogen (secondary N) is 1. The standard InChI is InChI=1S/C18H26N4O2S/c1-12(2)19-17(23)13(3)25-18-21-20-16(15-10-7-11-24-15)22(18)14-8-5-4-6-9-14/h7,10-14H,4-6,8-9H2,1-3H3,(H,19,23)/t13-/m0/s1. The fourth-order valence-electron chi connectivity index (χ4n) is 3.21. The van der Waals surface area contributed by atoms with Crippen LogP contribution in [0.15, 0.2) is 28.0 Å². The van der Waals surface area contributed by atoms with Gasteiger partial charge in [0.15, 0.2) is 10.9 Å². The molecule has 1 atom stereocenters. The summed E-state index contributed by atoms with van der Waals surface area (Å²) < 4.78 is 7.74. The number of carbonyl (C=O) groups is 1. The van der Waals surface area contributed by atoms with E-state index >= 15 is 0 Å². The number of amides is 1. The molecule has 0 bridgehead atoms. The highest BCUT2D eigenvalue weighted by atomic mass is 32.2. The minimum atomic E-state index is -0.224. The quantitative estimate of drug-likeness (QED) is 0.785. The zero-order valence-electron chi connectivity index (χ0n) is 15.1. The highest BCUT2D eigenvalue weighted by Crippen LogP contribution is 2.36. The molecule has 2 aromatic heterocycles. The first-order chi connectivity index (χ1) is 12.1. The largest absolute Gasteiger partial charge is 0.461 e. The van der Waals surface area contributed by atoms with E-state index in [1.54, 1.807) is 6.26 Å². The fraction of sp³-hybridized carbons (Fsp3) is 0.611. The van der Waals surface area contributed by atoms with Gasteiger partial charge in [-0.15, -0.1) is 10.2 Å². The van der Waals surface area contributed by atoms with Crippen molar-refractivity contribution in [3.8, 4) is 11.6 Å². The minimum absolute atomic E-state index is 0.0257. The van der Waals surface area contributed by atoms with E-state index in [0.29, 0.717) is 6.04 Å². The van der Waals surface area contributed by atoms with E-state index in [1.165, 1.54) is 31.0 Å². The summed E-state index contributed by atoms with van der Waals surface area (Å²) >= 11 is 1.47. The van der Waals surface area contributed by atoms with Crippen LogP contribution in [-0.2, 0) is 4.79 Å². The minimum Gasteiger partial charge on any atom is -0.461 e. The molecule has 1 N–H and O–H groups in total. The van der Waals surface area contributed by atoms with Gasteiger partial charge in [0.25, 0.3) is 0 Å². The zero-order valence-corrected chi connectivity index (χ0v) is 15.9. The van der Waals surface area contributed by atoms with Crippen molar-refractivity contribution >= 4 is 17.7 Å². The lowest BCUT2D eigenvalue weighted by molar-refractivity contribution is -0.120. The second-order valence-corrected chi connectivity index (χ2v) is 8.18. The third kappa shape index (κ3) is 4.26. The van der Waals surface area contributed by atoms with Gasteiger partial charge in [-0.1, -0.05) is 31.0 Å². The van der Waals surface area contributed by atoms with Gasteiger partial charge in [-0.3, -0.25) is 9.36 Å². The molecule has 0 aromatic carbocycles. The third-order valence-electron chi connectivity index (χ3n) is 4.43. The van der Waals surface area contributed by atoms with Crippen molar-refractivity contribution in [2.24, 2.45) is 0 Å². The van der Waals surface area contributed by atoms with Gasteiger partial charge in [-0.25, -0.2) is 0 Å². The van der Waals surface area contributed by atoms with Crippen LogP contribution >= 0.6 is 11.8 Å². The first-order valence-corrected chi connectivity index (χ1v) is 9.90. The van der Waals surface area contributed by atoms with Gasteiger partial charge in [-0.2, -0.15) is 0 Å². The maximum Gasteiger partial charge on any atom is 0.233 e. The van der Waals surface area contributed by atoms with Crippen LogP contribution in [0.1, 0.15) is 58.9 Å². The van der Waals surface area contributed by atoms with E-state index in [1.807, 2.05) is 32.9 Å². The average molecular weight is 362 g/mol. The molecule has 1 amide bonds. The molecule has 136 valence electrons. The molecular formula is C18H26N4O2S. The molecule has 0 spiro atoms. The van der Waals surface area contributed by atoms with Crippen molar-refractivity contribution < 1.29 is 9.21 Å². The van der Waals surface area contributed by atoms with Crippen molar-refractivity contribution in [2.45, 2.75) is 75.4 Å². The predicted octanol–water partition coefficient (Wildman–Crippen LogP) is 4.05. The SMILES string of the molecule is CC(C)NC(=O)[C@H](C)Sc1nnc(-c2ccco2)n1C1CCCCC1. The van der Waals surface area contributed by atoms with Crippen LogP contribution in [0.5, 0.6) is 0 Å². The van der Waals surface area contributed by atoms with E-state index in [-0.39, 0.29) is 17.2 Å². The number of aromatic nitrogens is 3. The van der Waals surface area contributed by atoms with Crippen molar-refractivity contribution in [2.75, 3.05) is 0 Å². The van der Waals surface area contributed by atoms with Gasteiger partial charge in [0.1, 0.15) is 0 Å². The fourth-order valence-corrected chi connectivity index (χ4v) is 4.14. The third-order valence-corrected chi connectivity index (χ3v) is 5.49. The second kappa shape index (κ2) is 8.08. The molecule has 3 rings (SSSR count). The molecule has 2 heterocycles. The normalized spacial score (nSPS) is 17.0. The molecule has 25 heavy (non-hydrogen) atoms. The highest BCUT2D eigenvalue weighted by Gasteiger charge is 2.27. The number of hydrogen-bond donors (Lipinski definition) is 1.